The van der Waals surface area contributed by atoms with Gasteiger partial charge in [-0.3, -0.25) is 9.69 Å². The molecule has 1 aliphatic heterocycles. The van der Waals surface area contributed by atoms with E-state index in [9.17, 15) is 13.2 Å². The maximum atomic E-state index is 13.2. The number of carbonyl (C=O) groups excluding carboxylic acids is 1. The van der Waals surface area contributed by atoms with Gasteiger partial charge in [0.2, 0.25) is 15.9 Å². The Bertz CT molecular complexity index is 1060. The topological polar surface area (TPSA) is 79.0 Å². The van der Waals surface area contributed by atoms with E-state index < -0.39 is 10.0 Å². The third-order valence-corrected chi connectivity index (χ3v) is 8.36. The quantitative estimate of drug-likeness (QED) is 0.692. The zero-order valence-corrected chi connectivity index (χ0v) is 19.5. The summed E-state index contributed by atoms with van der Waals surface area (Å²) in [6.45, 7) is 3.79. The van der Waals surface area contributed by atoms with Crippen LogP contribution >= 0.6 is 0 Å². The highest BCUT2D eigenvalue weighted by Crippen LogP contribution is 2.27. The van der Waals surface area contributed by atoms with Gasteiger partial charge in [-0.15, -0.1) is 0 Å². The van der Waals surface area contributed by atoms with Gasteiger partial charge >= 0.3 is 0 Å². The number of anilines is 1. The molecule has 0 aromatic heterocycles. The second-order valence-electron chi connectivity index (χ2n) is 8.37. The van der Waals surface area contributed by atoms with Crippen molar-refractivity contribution < 1.29 is 17.9 Å². The highest BCUT2D eigenvalue weighted by Gasteiger charge is 2.33. The molecule has 4 rings (SSSR count). The van der Waals surface area contributed by atoms with E-state index in [0.29, 0.717) is 43.2 Å². The Morgan fingerprint density at radius 3 is 2.38 bits per heavy atom. The van der Waals surface area contributed by atoms with Gasteiger partial charge in [-0.05, 0) is 73.2 Å². The highest BCUT2D eigenvalue weighted by atomic mass is 32.2. The number of ether oxygens (including phenoxy) is 1. The molecule has 0 bridgehead atoms. The first kappa shape index (κ1) is 22.8. The van der Waals surface area contributed by atoms with Crippen molar-refractivity contribution in [2.75, 3.05) is 38.6 Å². The van der Waals surface area contributed by atoms with E-state index in [1.807, 2.05) is 31.2 Å². The van der Waals surface area contributed by atoms with Gasteiger partial charge in [0.1, 0.15) is 5.75 Å². The molecule has 1 aliphatic carbocycles. The van der Waals surface area contributed by atoms with E-state index in [1.165, 1.54) is 5.56 Å². The molecule has 1 unspecified atom stereocenters. The summed E-state index contributed by atoms with van der Waals surface area (Å²) in [5.41, 5.74) is 3.14. The van der Waals surface area contributed by atoms with Crippen molar-refractivity contribution in [1.82, 2.24) is 9.21 Å². The average molecular weight is 458 g/mol. The van der Waals surface area contributed by atoms with Gasteiger partial charge in [0, 0.05) is 31.9 Å². The molecule has 0 saturated carbocycles. The van der Waals surface area contributed by atoms with Crippen LogP contribution < -0.4 is 10.1 Å². The van der Waals surface area contributed by atoms with E-state index in [0.717, 1.165) is 30.6 Å². The predicted octanol–water partition coefficient (Wildman–Crippen LogP) is 2.91. The minimum Gasteiger partial charge on any atom is -0.497 e. The van der Waals surface area contributed by atoms with Gasteiger partial charge < -0.3 is 10.1 Å². The molecule has 172 valence electrons. The number of sulfonamides is 1. The molecule has 0 spiro atoms. The lowest BCUT2D eigenvalue weighted by molar-refractivity contribution is -0.121. The fourth-order valence-corrected chi connectivity index (χ4v) is 6.10. The van der Waals surface area contributed by atoms with Gasteiger partial charge in [-0.2, -0.15) is 4.31 Å². The van der Waals surface area contributed by atoms with Crippen molar-refractivity contribution in [2.24, 2.45) is 0 Å². The first-order valence-electron chi connectivity index (χ1n) is 11.2. The zero-order valence-electron chi connectivity index (χ0n) is 18.7. The molecule has 0 radical (unpaired) electrons. The molecule has 1 heterocycles. The van der Waals surface area contributed by atoms with Crippen molar-refractivity contribution in [3.05, 3.63) is 53.6 Å². The monoisotopic (exact) mass is 457 g/mol. The van der Waals surface area contributed by atoms with E-state index >= 15 is 0 Å². The lowest BCUT2D eigenvalue weighted by Crippen LogP contribution is -2.54. The summed E-state index contributed by atoms with van der Waals surface area (Å²) in [6.07, 6.45) is 3.73. The molecule has 1 amide bonds. The molecule has 7 nitrogen and oxygen atoms in total. The van der Waals surface area contributed by atoms with Crippen LogP contribution in [0.3, 0.4) is 0 Å². The molecule has 2 aliphatic rings. The predicted molar refractivity (Wildman–Crippen MR) is 125 cm³/mol. The van der Waals surface area contributed by atoms with Crippen LogP contribution in [-0.2, 0) is 27.7 Å². The number of fused-ring (bicyclic) bond motifs is 1. The van der Waals surface area contributed by atoms with E-state index in [4.69, 9.17) is 4.74 Å². The first-order chi connectivity index (χ1) is 15.4. The Morgan fingerprint density at radius 1 is 1.03 bits per heavy atom. The number of hydrogen-bond donors (Lipinski definition) is 1. The number of methoxy groups -OCH3 is 1. The molecular formula is C24H31N3O4S. The number of hydrogen-bond acceptors (Lipinski definition) is 5. The Balaban J connectivity index is 1.38. The van der Waals surface area contributed by atoms with Crippen molar-refractivity contribution in [3.63, 3.8) is 0 Å². The Labute approximate surface area is 190 Å². The molecule has 1 atom stereocenters. The minimum absolute atomic E-state index is 0.0763. The van der Waals surface area contributed by atoms with Crippen LogP contribution in [0.2, 0.25) is 0 Å². The number of rotatable bonds is 7. The largest absolute Gasteiger partial charge is 0.497 e. The second-order valence-corrected chi connectivity index (χ2v) is 10.3. The summed E-state index contributed by atoms with van der Waals surface area (Å²) in [4.78, 5) is 15.4. The summed E-state index contributed by atoms with van der Waals surface area (Å²) < 4.78 is 33.1. The van der Waals surface area contributed by atoms with Crippen molar-refractivity contribution in [1.29, 1.82) is 0 Å². The van der Waals surface area contributed by atoms with Crippen LogP contribution in [0.25, 0.3) is 0 Å². The smallest absolute Gasteiger partial charge is 0.243 e. The molecule has 2 aromatic rings. The molecule has 1 fully saturated rings. The average Bonchev–Trinajstić information content (AvgIpc) is 3.28. The van der Waals surface area contributed by atoms with E-state index in [1.54, 1.807) is 29.6 Å². The molecule has 8 heteroatoms. The fraction of sp³-hybridized carbons (Fsp3) is 0.458. The van der Waals surface area contributed by atoms with Gasteiger partial charge in [-0.25, -0.2) is 8.42 Å². The number of amides is 1. The lowest BCUT2D eigenvalue weighted by atomic mass is 10.1. The maximum Gasteiger partial charge on any atom is 0.243 e. The van der Waals surface area contributed by atoms with Crippen LogP contribution in [0.1, 0.15) is 30.9 Å². The first-order valence-corrected chi connectivity index (χ1v) is 12.7. The summed E-state index contributed by atoms with van der Waals surface area (Å²) in [6, 6.07) is 12.5. The van der Waals surface area contributed by atoms with Crippen LogP contribution in [0.15, 0.2) is 47.4 Å². The maximum absolute atomic E-state index is 13.2. The third-order valence-electron chi connectivity index (χ3n) is 6.47. The number of piperazine rings is 1. The number of nitrogens with zero attached hydrogens (tertiary/aromatic N) is 2. The Morgan fingerprint density at radius 2 is 1.72 bits per heavy atom. The van der Waals surface area contributed by atoms with Crippen molar-refractivity contribution in [3.8, 4) is 5.75 Å². The SMILES string of the molecule is CCC(C(=O)Nc1ccc(OC)cc1)N1CCN(S(=O)(=O)c2ccc3c(c2)CCC3)CC1. The third kappa shape index (κ3) is 4.67. The van der Waals surface area contributed by atoms with Crippen LogP contribution in [0.4, 0.5) is 5.69 Å². The normalized spacial score (nSPS) is 18.2. The van der Waals surface area contributed by atoms with E-state index in [2.05, 4.69) is 10.2 Å². The summed E-state index contributed by atoms with van der Waals surface area (Å²) >= 11 is 0. The van der Waals surface area contributed by atoms with Crippen LogP contribution in [0, 0.1) is 0 Å². The summed E-state index contributed by atoms with van der Waals surface area (Å²) in [5, 5.41) is 2.96. The Hall–Kier alpha value is -2.42. The number of nitrogens with one attached hydrogen (secondary N) is 1. The van der Waals surface area contributed by atoms with E-state index in [-0.39, 0.29) is 11.9 Å². The van der Waals surface area contributed by atoms with Gasteiger partial charge in [-0.1, -0.05) is 13.0 Å². The second kappa shape index (κ2) is 9.60. The summed E-state index contributed by atoms with van der Waals surface area (Å²) in [5.74, 6) is 0.656. The van der Waals surface area contributed by atoms with Crippen molar-refractivity contribution in [2.45, 2.75) is 43.5 Å². The van der Waals surface area contributed by atoms with Crippen LogP contribution in [-0.4, -0.2) is 62.9 Å². The molecule has 1 saturated heterocycles. The van der Waals surface area contributed by atoms with Gasteiger partial charge in [0.15, 0.2) is 0 Å². The van der Waals surface area contributed by atoms with Crippen molar-refractivity contribution >= 4 is 21.6 Å². The zero-order chi connectivity index (χ0) is 22.7. The highest BCUT2D eigenvalue weighted by molar-refractivity contribution is 7.89. The van der Waals surface area contributed by atoms with Gasteiger partial charge in [0.25, 0.3) is 0 Å². The molecule has 2 aromatic carbocycles. The van der Waals surface area contributed by atoms with Gasteiger partial charge in [0.05, 0.1) is 18.0 Å². The summed E-state index contributed by atoms with van der Waals surface area (Å²) in [7, 11) is -1.92. The lowest BCUT2D eigenvalue weighted by Gasteiger charge is -2.37. The number of benzene rings is 2. The number of carbonyl (C=O) groups is 1. The molecule has 32 heavy (non-hydrogen) atoms. The number of aryl methyl sites for hydroxylation is 2. The molecular weight excluding hydrogens is 426 g/mol. The minimum atomic E-state index is -3.52. The molecule has 1 N–H and O–H groups in total. The standard InChI is InChI=1S/C24H31N3O4S/c1-3-23(24(28)25-20-8-10-21(31-2)11-9-20)26-13-15-27(16-14-26)32(29,30)22-12-7-18-5-4-6-19(18)17-22/h7-12,17,23H,3-6,13-16H2,1-2H3,(H,25,28). The van der Waals surface area contributed by atoms with Crippen LogP contribution in [0.5, 0.6) is 5.75 Å². The Kier molecular flexibility index (Phi) is 6.83. The fourth-order valence-electron chi connectivity index (χ4n) is 4.62.